The Bertz CT molecular complexity index is 290. The summed E-state index contributed by atoms with van der Waals surface area (Å²) in [5.74, 6) is -0.546. The van der Waals surface area contributed by atoms with Crippen LogP contribution in [0.15, 0.2) is 0 Å². The van der Waals surface area contributed by atoms with E-state index in [9.17, 15) is 9.59 Å². The topological polar surface area (TPSA) is 87.7 Å². The van der Waals surface area contributed by atoms with E-state index < -0.39 is 12.1 Å². The van der Waals surface area contributed by atoms with E-state index >= 15 is 0 Å². The molecule has 2 unspecified atom stereocenters. The Balaban J connectivity index is 2.26. The zero-order valence-corrected chi connectivity index (χ0v) is 10.9. The van der Waals surface area contributed by atoms with Gasteiger partial charge in [0.15, 0.2) is 6.10 Å². The van der Waals surface area contributed by atoms with Crippen LogP contribution in [-0.2, 0) is 9.53 Å². The molecule has 1 fully saturated rings. The molecular weight excluding hydrogens is 236 g/mol. The van der Waals surface area contributed by atoms with Gasteiger partial charge in [0.05, 0.1) is 6.54 Å². The van der Waals surface area contributed by atoms with Crippen LogP contribution in [0.2, 0.25) is 0 Å². The minimum absolute atomic E-state index is 0.0327. The number of carbonyl (C=O) groups excluding carboxylic acids is 1. The summed E-state index contributed by atoms with van der Waals surface area (Å²) in [4.78, 5) is 22.3. The average molecular weight is 258 g/mol. The van der Waals surface area contributed by atoms with Crippen molar-refractivity contribution < 1.29 is 19.4 Å². The predicted molar refractivity (Wildman–Crippen MR) is 66.4 cm³/mol. The molecule has 0 aliphatic heterocycles. The van der Waals surface area contributed by atoms with Crippen LogP contribution in [0.5, 0.6) is 0 Å². The van der Waals surface area contributed by atoms with Crippen molar-refractivity contribution in [2.75, 3.05) is 13.7 Å². The van der Waals surface area contributed by atoms with Crippen molar-refractivity contribution in [3.63, 3.8) is 0 Å². The van der Waals surface area contributed by atoms with Crippen LogP contribution in [-0.4, -0.2) is 42.9 Å². The highest BCUT2D eigenvalue weighted by Crippen LogP contribution is 2.27. The molecular formula is C12H22N2O4. The number of carboxylic acid groups (broad SMARTS) is 1. The van der Waals surface area contributed by atoms with Crippen LogP contribution in [0.25, 0.3) is 0 Å². The van der Waals surface area contributed by atoms with Gasteiger partial charge in [0, 0.05) is 13.2 Å². The number of hydrogen-bond donors (Lipinski definition) is 3. The molecule has 1 aliphatic carbocycles. The first-order valence-corrected chi connectivity index (χ1v) is 6.34. The fourth-order valence-electron chi connectivity index (χ4n) is 2.29. The number of methoxy groups -OCH3 is 1. The molecule has 3 N–H and O–H groups in total. The molecule has 104 valence electrons. The molecule has 2 atom stereocenters. The summed E-state index contributed by atoms with van der Waals surface area (Å²) in [5, 5.41) is 14.1. The maximum absolute atomic E-state index is 11.6. The van der Waals surface area contributed by atoms with E-state index in [1.54, 1.807) is 0 Å². The first-order chi connectivity index (χ1) is 8.54. The molecule has 6 nitrogen and oxygen atoms in total. The number of carboxylic acids is 1. The molecule has 0 saturated heterocycles. The van der Waals surface area contributed by atoms with Gasteiger partial charge >= 0.3 is 12.0 Å². The predicted octanol–water partition coefficient (Wildman–Crippen LogP) is 0.964. The summed E-state index contributed by atoms with van der Waals surface area (Å²) in [5.41, 5.74) is 0. The normalized spacial score (nSPS) is 19.2. The second kappa shape index (κ2) is 7.20. The molecule has 0 radical (unpaired) electrons. The summed E-state index contributed by atoms with van der Waals surface area (Å²) in [6.07, 6.45) is 3.75. The number of aliphatic carboxylic acids is 1. The number of nitrogens with one attached hydrogen (secondary N) is 2. The molecule has 0 aromatic rings. The standard InChI is InChI=1S/C12H22N2O4/c1-8(9-5-3-4-6-9)14-12(17)13-7-10(18-2)11(15)16/h8-10H,3-7H2,1-2H3,(H,15,16)(H2,13,14,17). The van der Waals surface area contributed by atoms with Crippen molar-refractivity contribution in [1.82, 2.24) is 10.6 Å². The summed E-state index contributed by atoms with van der Waals surface area (Å²) >= 11 is 0. The molecule has 0 bridgehead atoms. The fraction of sp³-hybridized carbons (Fsp3) is 0.833. The van der Waals surface area contributed by atoms with Crippen LogP contribution in [0.4, 0.5) is 4.79 Å². The maximum atomic E-state index is 11.6. The first-order valence-electron chi connectivity index (χ1n) is 6.34. The van der Waals surface area contributed by atoms with E-state index in [1.807, 2.05) is 6.92 Å². The number of rotatable bonds is 6. The lowest BCUT2D eigenvalue weighted by Crippen LogP contribution is -2.47. The number of urea groups is 1. The van der Waals surface area contributed by atoms with Crippen molar-refractivity contribution in [1.29, 1.82) is 0 Å². The molecule has 0 aromatic carbocycles. The molecule has 0 aromatic heterocycles. The van der Waals surface area contributed by atoms with Gasteiger partial charge in [0.1, 0.15) is 0 Å². The molecule has 0 heterocycles. The molecule has 1 saturated carbocycles. The Hall–Kier alpha value is -1.30. The van der Waals surface area contributed by atoms with Gasteiger partial charge in [0.2, 0.25) is 0 Å². The van der Waals surface area contributed by atoms with Gasteiger partial charge in [-0.2, -0.15) is 0 Å². The molecule has 1 rings (SSSR count). The third-order valence-electron chi connectivity index (χ3n) is 3.47. The number of carbonyl (C=O) groups is 2. The highest BCUT2D eigenvalue weighted by molar-refractivity contribution is 5.77. The van der Waals surface area contributed by atoms with E-state index in [2.05, 4.69) is 10.6 Å². The molecule has 2 amide bonds. The number of hydrogen-bond acceptors (Lipinski definition) is 3. The van der Waals surface area contributed by atoms with Crippen LogP contribution in [0, 0.1) is 5.92 Å². The summed E-state index contributed by atoms with van der Waals surface area (Å²) < 4.78 is 4.72. The van der Waals surface area contributed by atoms with Gasteiger partial charge < -0.3 is 20.5 Å². The second-order valence-electron chi connectivity index (χ2n) is 4.75. The summed E-state index contributed by atoms with van der Waals surface area (Å²) in [7, 11) is 1.31. The Kier molecular flexibility index (Phi) is 5.91. The zero-order valence-electron chi connectivity index (χ0n) is 10.9. The Morgan fingerprint density at radius 1 is 1.39 bits per heavy atom. The lowest BCUT2D eigenvalue weighted by atomic mass is 10.0. The van der Waals surface area contributed by atoms with Crippen LogP contribution < -0.4 is 10.6 Å². The van der Waals surface area contributed by atoms with E-state index in [0.717, 1.165) is 12.8 Å². The zero-order chi connectivity index (χ0) is 13.5. The maximum Gasteiger partial charge on any atom is 0.334 e. The van der Waals surface area contributed by atoms with E-state index in [4.69, 9.17) is 9.84 Å². The quantitative estimate of drug-likeness (QED) is 0.662. The third-order valence-corrected chi connectivity index (χ3v) is 3.47. The van der Waals surface area contributed by atoms with Gasteiger partial charge in [-0.15, -0.1) is 0 Å². The monoisotopic (exact) mass is 258 g/mol. The molecule has 1 aliphatic rings. The highest BCUT2D eigenvalue weighted by atomic mass is 16.5. The van der Waals surface area contributed by atoms with Gasteiger partial charge in [0.25, 0.3) is 0 Å². The van der Waals surface area contributed by atoms with E-state index in [0.29, 0.717) is 5.92 Å². The average Bonchev–Trinajstić information content (AvgIpc) is 2.82. The third kappa shape index (κ3) is 4.52. The Morgan fingerprint density at radius 3 is 2.50 bits per heavy atom. The first kappa shape index (κ1) is 14.8. The van der Waals surface area contributed by atoms with E-state index in [-0.39, 0.29) is 18.6 Å². The molecule has 0 spiro atoms. The lowest BCUT2D eigenvalue weighted by molar-refractivity contribution is -0.147. The lowest BCUT2D eigenvalue weighted by Gasteiger charge is -2.21. The van der Waals surface area contributed by atoms with Gasteiger partial charge in [-0.3, -0.25) is 0 Å². The largest absolute Gasteiger partial charge is 0.479 e. The highest BCUT2D eigenvalue weighted by Gasteiger charge is 2.23. The fourth-order valence-corrected chi connectivity index (χ4v) is 2.29. The molecule has 18 heavy (non-hydrogen) atoms. The van der Waals surface area contributed by atoms with Crippen molar-refractivity contribution in [2.24, 2.45) is 5.92 Å². The van der Waals surface area contributed by atoms with Gasteiger partial charge in [-0.25, -0.2) is 9.59 Å². The smallest absolute Gasteiger partial charge is 0.334 e. The number of ether oxygens (including phenoxy) is 1. The Labute approximate surface area is 107 Å². The van der Waals surface area contributed by atoms with Crippen LogP contribution in [0.1, 0.15) is 32.6 Å². The summed E-state index contributed by atoms with van der Waals surface area (Å²) in [6, 6.07) is -0.212. The molecule has 6 heteroatoms. The minimum atomic E-state index is -1.08. The SMILES string of the molecule is COC(CNC(=O)NC(C)C1CCCC1)C(=O)O. The number of amides is 2. The summed E-state index contributed by atoms with van der Waals surface area (Å²) in [6.45, 7) is 1.95. The van der Waals surface area contributed by atoms with Gasteiger partial charge in [-0.1, -0.05) is 12.8 Å². The van der Waals surface area contributed by atoms with Crippen molar-refractivity contribution in [3.8, 4) is 0 Å². The van der Waals surface area contributed by atoms with E-state index in [1.165, 1.54) is 20.0 Å². The second-order valence-corrected chi connectivity index (χ2v) is 4.75. The van der Waals surface area contributed by atoms with Crippen molar-refractivity contribution in [3.05, 3.63) is 0 Å². The van der Waals surface area contributed by atoms with Crippen LogP contribution >= 0.6 is 0 Å². The van der Waals surface area contributed by atoms with Crippen molar-refractivity contribution >= 4 is 12.0 Å². The minimum Gasteiger partial charge on any atom is -0.479 e. The van der Waals surface area contributed by atoms with Gasteiger partial charge in [-0.05, 0) is 25.7 Å². The Morgan fingerprint density at radius 2 is 2.00 bits per heavy atom. The van der Waals surface area contributed by atoms with Crippen molar-refractivity contribution in [2.45, 2.75) is 44.8 Å². The van der Waals surface area contributed by atoms with Crippen LogP contribution in [0.3, 0.4) is 0 Å².